The average Bonchev–Trinajstić information content (AvgIpc) is 2.29. The van der Waals surface area contributed by atoms with Crippen LogP contribution in [0.1, 0.15) is 30.5 Å². The zero-order chi connectivity index (χ0) is 18.6. The van der Waals surface area contributed by atoms with Gasteiger partial charge in [-0.25, -0.2) is 9.13 Å². The van der Waals surface area contributed by atoms with E-state index in [-0.39, 0.29) is 72.1 Å². The molecule has 0 aliphatic heterocycles. The Morgan fingerprint density at radius 3 is 1.16 bits per heavy atom. The summed E-state index contributed by atoms with van der Waals surface area (Å²) < 4.78 is 36.4. The van der Waals surface area contributed by atoms with E-state index >= 15 is 0 Å². The first-order chi connectivity index (χ1) is 10.2. The number of phosphoric acid groups is 2. The van der Waals surface area contributed by atoms with Crippen LogP contribution in [-0.2, 0) is 22.7 Å². The van der Waals surface area contributed by atoms with E-state index in [1.807, 2.05) is 0 Å². The Labute approximate surface area is 192 Å². The summed E-state index contributed by atoms with van der Waals surface area (Å²) in [6, 6.07) is 0. The number of nitrogens with zero attached hydrogens (tertiary/aromatic N) is 2. The molecule has 4 unspecified atom stereocenters. The van der Waals surface area contributed by atoms with Gasteiger partial charge in [0.25, 0.3) is 0 Å². The van der Waals surface area contributed by atoms with Gasteiger partial charge < -0.3 is 33.1 Å². The van der Waals surface area contributed by atoms with Gasteiger partial charge in [0.15, 0.2) is 0 Å². The molecule has 0 aromatic carbocycles. The maximum Gasteiger partial charge on any atom is 1.00 e. The minimum Gasteiger partial charge on any atom is -1.00 e. The first-order valence-corrected chi connectivity index (χ1v) is 9.23. The summed E-state index contributed by atoms with van der Waals surface area (Å²) in [4.78, 5) is 17.6. The summed E-state index contributed by atoms with van der Waals surface area (Å²) in [6.07, 6.45) is -6.34. The summed E-state index contributed by atoms with van der Waals surface area (Å²) in [6.45, 7) is 4.32. The molecule has 13 nitrogen and oxygen atoms in total. The van der Waals surface area contributed by atoms with Gasteiger partial charge in [0.05, 0.1) is 0 Å². The molecule has 0 aliphatic rings. The molecule has 0 radical (unpaired) electrons. The third kappa shape index (κ3) is 13.0. The number of aliphatic hydroxyl groups excluding tert-OH is 4. The Kier molecular flexibility index (Phi) is 16.8. The molecular weight excluding hydrogens is 408 g/mol. The average molecular weight is 432 g/mol. The van der Waals surface area contributed by atoms with Crippen LogP contribution in [0.2, 0.25) is 0 Å². The third-order valence-corrected chi connectivity index (χ3v) is 4.50. The van der Waals surface area contributed by atoms with Crippen LogP contribution in [0, 0.1) is 0 Å². The number of hydrogen-bond donors (Lipinski definition) is 6. The minimum atomic E-state index is -5.41. The fourth-order valence-electron chi connectivity index (χ4n) is 1.30. The second-order valence-electron chi connectivity index (χ2n) is 4.43. The van der Waals surface area contributed by atoms with Gasteiger partial charge in [0, 0.05) is 0 Å². The molecule has 17 heteroatoms. The second kappa shape index (κ2) is 13.3. The SMILES string of the molecule is CC(O)N(OP(=O)(ON(C(C)O)C(C)O)OP(=O)(O)O)C(C)O.[H-].[H-].[Na+].[Na+]. The van der Waals surface area contributed by atoms with E-state index in [1.54, 1.807) is 0 Å². The van der Waals surface area contributed by atoms with Crippen molar-refractivity contribution in [1.82, 2.24) is 10.1 Å². The van der Waals surface area contributed by atoms with Gasteiger partial charge in [-0.15, -0.1) is 10.1 Å². The summed E-state index contributed by atoms with van der Waals surface area (Å²) in [5.74, 6) is 0. The maximum absolute atomic E-state index is 12.4. The van der Waals surface area contributed by atoms with Crippen molar-refractivity contribution in [3.05, 3.63) is 0 Å². The fraction of sp³-hybridized carbons (Fsp3) is 1.00. The molecule has 0 saturated heterocycles. The standard InChI is InChI=1S/C8H22N2O11P2.2Na.2H/c1-5(11)9(6(2)12)19-23(18,21-22(15,16)17)20-10(7(3)13)8(4)14;;;;/h5-8,11-14H,1-4H3,(H2,15,16,17);;;;/q;2*+1;2*-1. The van der Waals surface area contributed by atoms with E-state index in [0.717, 1.165) is 27.7 Å². The van der Waals surface area contributed by atoms with Crippen molar-refractivity contribution < 1.29 is 115 Å². The van der Waals surface area contributed by atoms with Gasteiger partial charge in [-0.05, 0) is 27.7 Å². The second-order valence-corrected chi connectivity index (χ2v) is 7.29. The van der Waals surface area contributed by atoms with Crippen molar-refractivity contribution in [3.8, 4) is 0 Å². The quantitative estimate of drug-likeness (QED) is 0.0828. The Morgan fingerprint density at radius 2 is 1.00 bits per heavy atom. The molecule has 0 heterocycles. The van der Waals surface area contributed by atoms with Crippen LogP contribution >= 0.6 is 15.6 Å². The van der Waals surface area contributed by atoms with E-state index < -0.39 is 40.6 Å². The topological polar surface area (TPSA) is 190 Å². The molecule has 25 heavy (non-hydrogen) atoms. The van der Waals surface area contributed by atoms with Crippen LogP contribution in [0.5, 0.6) is 0 Å². The molecular formula is C8H24N2Na2O11P2. The van der Waals surface area contributed by atoms with Crippen LogP contribution < -0.4 is 59.1 Å². The summed E-state index contributed by atoms with van der Waals surface area (Å²) >= 11 is 0. The van der Waals surface area contributed by atoms with Crippen molar-refractivity contribution in [3.63, 3.8) is 0 Å². The Morgan fingerprint density at radius 1 is 0.760 bits per heavy atom. The molecule has 0 aromatic rings. The first kappa shape index (κ1) is 31.7. The number of aliphatic hydroxyl groups is 4. The summed E-state index contributed by atoms with van der Waals surface area (Å²) in [7, 11) is -10.6. The minimum absolute atomic E-state index is 0. The van der Waals surface area contributed by atoms with Gasteiger partial charge in [-0.1, -0.05) is 0 Å². The Bertz CT molecular complexity index is 430. The van der Waals surface area contributed by atoms with E-state index in [1.165, 1.54) is 0 Å². The van der Waals surface area contributed by atoms with Crippen LogP contribution in [0.25, 0.3) is 0 Å². The van der Waals surface area contributed by atoms with E-state index in [2.05, 4.69) is 13.6 Å². The zero-order valence-corrected chi connectivity index (χ0v) is 20.6. The van der Waals surface area contributed by atoms with Crippen molar-refractivity contribution in [2.75, 3.05) is 0 Å². The molecule has 0 fully saturated rings. The van der Waals surface area contributed by atoms with Crippen molar-refractivity contribution >= 4 is 15.6 Å². The van der Waals surface area contributed by atoms with Crippen LogP contribution in [0.15, 0.2) is 0 Å². The third-order valence-electron chi connectivity index (χ3n) is 2.07. The Hall–Kier alpha value is 2.02. The molecule has 0 aromatic heterocycles. The molecule has 144 valence electrons. The predicted molar refractivity (Wildman–Crippen MR) is 75.5 cm³/mol. The molecule has 0 spiro atoms. The van der Waals surface area contributed by atoms with Crippen molar-refractivity contribution in [2.45, 2.75) is 52.6 Å². The van der Waals surface area contributed by atoms with Gasteiger partial charge in [-0.2, -0.15) is 13.6 Å². The Balaban J connectivity index is -0.000000403. The molecule has 0 amide bonds. The maximum atomic E-state index is 12.4. The van der Waals surface area contributed by atoms with E-state index in [4.69, 9.17) is 9.79 Å². The molecule has 6 N–H and O–H groups in total. The fourth-order valence-corrected chi connectivity index (χ4v) is 3.62. The zero-order valence-electron chi connectivity index (χ0n) is 16.8. The largest absolute Gasteiger partial charge is 1.00 e. The molecule has 0 rings (SSSR count). The molecule has 0 bridgehead atoms. The number of hydrogen-bond acceptors (Lipinski definition) is 11. The van der Waals surface area contributed by atoms with E-state index in [0.29, 0.717) is 0 Å². The first-order valence-electron chi connectivity index (χ1n) is 6.24. The summed E-state index contributed by atoms with van der Waals surface area (Å²) in [5, 5.41) is 38.1. The monoisotopic (exact) mass is 432 g/mol. The van der Waals surface area contributed by atoms with Crippen LogP contribution in [0.3, 0.4) is 0 Å². The predicted octanol–water partition coefficient (Wildman–Crippen LogP) is -6.74. The molecule has 0 saturated carbocycles. The molecule has 0 aliphatic carbocycles. The van der Waals surface area contributed by atoms with Crippen LogP contribution in [0.4, 0.5) is 0 Å². The van der Waals surface area contributed by atoms with E-state index in [9.17, 15) is 29.6 Å². The van der Waals surface area contributed by atoms with Crippen LogP contribution in [-0.4, -0.2) is 65.3 Å². The number of hydroxylamine groups is 4. The van der Waals surface area contributed by atoms with Gasteiger partial charge in [-0.3, -0.25) is 0 Å². The molecule has 4 atom stereocenters. The van der Waals surface area contributed by atoms with Crippen molar-refractivity contribution in [2.24, 2.45) is 0 Å². The summed E-state index contributed by atoms with van der Waals surface area (Å²) in [5.41, 5.74) is 0. The van der Waals surface area contributed by atoms with Gasteiger partial charge >= 0.3 is 74.8 Å². The van der Waals surface area contributed by atoms with Gasteiger partial charge in [0.1, 0.15) is 24.9 Å². The smallest absolute Gasteiger partial charge is 1.00 e. The number of rotatable bonds is 10. The van der Waals surface area contributed by atoms with Gasteiger partial charge in [0.2, 0.25) is 0 Å². The normalized spacial score (nSPS) is 19.4. The van der Waals surface area contributed by atoms with Crippen molar-refractivity contribution in [1.29, 1.82) is 0 Å².